The molecule has 0 N–H and O–H groups in total. The second-order valence-corrected chi connectivity index (χ2v) is 4.19. The normalized spacial score (nSPS) is 10.4. The van der Waals surface area contributed by atoms with Gasteiger partial charge in [0.15, 0.2) is 0 Å². The van der Waals surface area contributed by atoms with Crippen LogP contribution in [0, 0.1) is 6.92 Å². The van der Waals surface area contributed by atoms with Crippen LogP contribution in [0.1, 0.15) is 11.9 Å². The summed E-state index contributed by atoms with van der Waals surface area (Å²) in [7, 11) is 0. The van der Waals surface area contributed by atoms with Crippen molar-refractivity contribution in [3.63, 3.8) is 0 Å². The summed E-state index contributed by atoms with van der Waals surface area (Å²) in [6.45, 7) is 3.34. The molecule has 0 saturated heterocycles. The lowest BCUT2D eigenvalue weighted by atomic mass is 10.3. The van der Waals surface area contributed by atoms with E-state index in [0.29, 0.717) is 5.75 Å². The molecule has 0 saturated carbocycles. The van der Waals surface area contributed by atoms with Crippen LogP contribution in [0.2, 0.25) is 0 Å². The molecule has 0 aliphatic heterocycles. The van der Waals surface area contributed by atoms with E-state index in [-0.39, 0.29) is 5.97 Å². The quantitative estimate of drug-likeness (QED) is 0.533. The summed E-state index contributed by atoms with van der Waals surface area (Å²) in [5.41, 5.74) is 0.881. The average Bonchev–Trinajstić information content (AvgIpc) is 2.42. The number of esters is 1. The molecular formula is C10H9NO2S. The van der Waals surface area contributed by atoms with Gasteiger partial charge in [0.2, 0.25) is 0 Å². The topological polar surface area (TPSA) is 39.2 Å². The Balaban J connectivity index is 2.45. The summed E-state index contributed by atoms with van der Waals surface area (Å²) in [5, 5.41) is 1.01. The molecule has 1 heterocycles. The third-order valence-corrected chi connectivity index (χ3v) is 2.68. The highest BCUT2D eigenvalue weighted by Gasteiger charge is 2.03. The molecule has 0 aliphatic rings. The van der Waals surface area contributed by atoms with E-state index in [9.17, 15) is 4.79 Å². The van der Waals surface area contributed by atoms with Crippen molar-refractivity contribution >= 4 is 27.5 Å². The number of benzene rings is 1. The molecule has 2 rings (SSSR count). The first kappa shape index (κ1) is 9.15. The highest BCUT2D eigenvalue weighted by atomic mass is 32.1. The molecule has 0 spiro atoms. The molecule has 72 valence electrons. The van der Waals surface area contributed by atoms with Crippen LogP contribution in [0.5, 0.6) is 5.75 Å². The van der Waals surface area contributed by atoms with Crippen molar-refractivity contribution in [3.05, 3.63) is 23.2 Å². The van der Waals surface area contributed by atoms with Gasteiger partial charge in [-0.25, -0.2) is 4.98 Å². The van der Waals surface area contributed by atoms with E-state index in [1.54, 1.807) is 23.5 Å². The van der Waals surface area contributed by atoms with Gasteiger partial charge in [0.05, 0.1) is 15.2 Å². The van der Waals surface area contributed by atoms with Crippen LogP contribution < -0.4 is 4.74 Å². The van der Waals surface area contributed by atoms with Crippen LogP contribution in [0.4, 0.5) is 0 Å². The molecule has 0 unspecified atom stereocenters. The van der Waals surface area contributed by atoms with Gasteiger partial charge < -0.3 is 4.74 Å². The molecule has 2 aromatic rings. The molecule has 1 aromatic carbocycles. The van der Waals surface area contributed by atoms with Gasteiger partial charge in [0.1, 0.15) is 5.75 Å². The lowest BCUT2D eigenvalue weighted by Crippen LogP contribution is -2.00. The van der Waals surface area contributed by atoms with E-state index in [4.69, 9.17) is 4.74 Å². The minimum absolute atomic E-state index is 0.309. The zero-order valence-electron chi connectivity index (χ0n) is 7.90. The SMILES string of the molecule is CC(=O)Oc1ccc2sc(C)nc2c1. The van der Waals surface area contributed by atoms with E-state index in [0.717, 1.165) is 15.2 Å². The number of thiazole rings is 1. The van der Waals surface area contributed by atoms with Crippen molar-refractivity contribution in [3.8, 4) is 5.75 Å². The van der Waals surface area contributed by atoms with Crippen LogP contribution in [0.25, 0.3) is 10.2 Å². The summed E-state index contributed by atoms with van der Waals surface area (Å²) in [4.78, 5) is 15.0. The number of hydrogen-bond acceptors (Lipinski definition) is 4. The highest BCUT2D eigenvalue weighted by Crippen LogP contribution is 2.25. The molecule has 0 atom stereocenters. The van der Waals surface area contributed by atoms with Gasteiger partial charge in [0.25, 0.3) is 0 Å². The molecule has 3 nitrogen and oxygen atoms in total. The maximum absolute atomic E-state index is 10.7. The van der Waals surface area contributed by atoms with Crippen molar-refractivity contribution in [2.45, 2.75) is 13.8 Å². The summed E-state index contributed by atoms with van der Waals surface area (Å²) in [6.07, 6.45) is 0. The smallest absolute Gasteiger partial charge is 0.308 e. The van der Waals surface area contributed by atoms with Crippen LogP contribution in [0.15, 0.2) is 18.2 Å². The third-order valence-electron chi connectivity index (χ3n) is 1.73. The molecule has 0 radical (unpaired) electrons. The maximum atomic E-state index is 10.7. The van der Waals surface area contributed by atoms with Gasteiger partial charge >= 0.3 is 5.97 Å². The molecular weight excluding hydrogens is 198 g/mol. The number of aromatic nitrogens is 1. The van der Waals surface area contributed by atoms with Gasteiger partial charge in [-0.2, -0.15) is 0 Å². The van der Waals surface area contributed by atoms with Crippen molar-refractivity contribution in [1.29, 1.82) is 0 Å². The summed E-state index contributed by atoms with van der Waals surface area (Å²) < 4.78 is 6.07. The first-order valence-electron chi connectivity index (χ1n) is 4.21. The van der Waals surface area contributed by atoms with E-state index >= 15 is 0 Å². The first-order valence-corrected chi connectivity index (χ1v) is 5.02. The number of hydrogen-bond donors (Lipinski definition) is 0. The Morgan fingerprint density at radius 1 is 1.50 bits per heavy atom. The number of carbonyl (C=O) groups is 1. The van der Waals surface area contributed by atoms with E-state index in [1.807, 2.05) is 13.0 Å². The fourth-order valence-corrected chi connectivity index (χ4v) is 2.06. The highest BCUT2D eigenvalue weighted by molar-refractivity contribution is 7.18. The van der Waals surface area contributed by atoms with Crippen LogP contribution in [-0.4, -0.2) is 11.0 Å². The minimum atomic E-state index is -0.309. The standard InChI is InChI=1S/C10H9NO2S/c1-6-11-9-5-8(13-7(2)12)3-4-10(9)14-6/h3-5H,1-2H3. The Morgan fingerprint density at radius 2 is 2.29 bits per heavy atom. The summed E-state index contributed by atoms with van der Waals surface area (Å²) >= 11 is 1.63. The van der Waals surface area contributed by atoms with Crippen LogP contribution in [0.3, 0.4) is 0 Å². The second kappa shape index (κ2) is 3.38. The molecule has 0 aliphatic carbocycles. The average molecular weight is 207 g/mol. The number of rotatable bonds is 1. The van der Waals surface area contributed by atoms with E-state index < -0.39 is 0 Å². The molecule has 0 fully saturated rings. The zero-order valence-corrected chi connectivity index (χ0v) is 8.72. The second-order valence-electron chi connectivity index (χ2n) is 2.96. The lowest BCUT2D eigenvalue weighted by molar-refractivity contribution is -0.131. The van der Waals surface area contributed by atoms with E-state index in [2.05, 4.69) is 4.98 Å². The Hall–Kier alpha value is -1.42. The number of fused-ring (bicyclic) bond motifs is 1. The maximum Gasteiger partial charge on any atom is 0.308 e. The number of ether oxygens (including phenoxy) is 1. The molecule has 14 heavy (non-hydrogen) atoms. The van der Waals surface area contributed by atoms with Crippen molar-refractivity contribution in [2.24, 2.45) is 0 Å². The van der Waals surface area contributed by atoms with Gasteiger partial charge in [-0.1, -0.05) is 0 Å². The Kier molecular flexibility index (Phi) is 2.21. The molecule has 0 bridgehead atoms. The van der Waals surface area contributed by atoms with Gasteiger partial charge in [0, 0.05) is 13.0 Å². The third kappa shape index (κ3) is 1.75. The largest absolute Gasteiger partial charge is 0.427 e. The Bertz CT molecular complexity index is 490. The molecule has 1 aromatic heterocycles. The fraction of sp³-hybridized carbons (Fsp3) is 0.200. The predicted molar refractivity (Wildman–Crippen MR) is 55.7 cm³/mol. The number of aryl methyl sites for hydroxylation is 1. The summed E-state index contributed by atoms with van der Waals surface area (Å²) in [5.74, 6) is 0.242. The van der Waals surface area contributed by atoms with Gasteiger partial charge in [-0.05, 0) is 19.1 Å². The first-order chi connectivity index (χ1) is 6.65. The molecule has 4 heteroatoms. The Morgan fingerprint density at radius 3 is 3.00 bits per heavy atom. The lowest BCUT2D eigenvalue weighted by Gasteiger charge is -1.99. The van der Waals surface area contributed by atoms with E-state index in [1.165, 1.54) is 6.92 Å². The molecule has 0 amide bonds. The summed E-state index contributed by atoms with van der Waals surface area (Å²) in [6, 6.07) is 5.47. The van der Waals surface area contributed by atoms with Gasteiger partial charge in [-0.15, -0.1) is 11.3 Å². The predicted octanol–water partition coefficient (Wildman–Crippen LogP) is 2.53. The minimum Gasteiger partial charge on any atom is -0.427 e. The number of carbonyl (C=O) groups excluding carboxylic acids is 1. The van der Waals surface area contributed by atoms with Gasteiger partial charge in [-0.3, -0.25) is 4.79 Å². The van der Waals surface area contributed by atoms with Crippen molar-refractivity contribution in [2.75, 3.05) is 0 Å². The zero-order chi connectivity index (χ0) is 10.1. The van der Waals surface area contributed by atoms with Crippen molar-refractivity contribution < 1.29 is 9.53 Å². The van der Waals surface area contributed by atoms with Crippen LogP contribution >= 0.6 is 11.3 Å². The van der Waals surface area contributed by atoms with Crippen LogP contribution in [-0.2, 0) is 4.79 Å². The Labute approximate surface area is 85.3 Å². The monoisotopic (exact) mass is 207 g/mol. The number of nitrogens with zero attached hydrogens (tertiary/aromatic N) is 1. The fourth-order valence-electron chi connectivity index (χ4n) is 1.25. The van der Waals surface area contributed by atoms with Crippen molar-refractivity contribution in [1.82, 2.24) is 4.98 Å².